The van der Waals surface area contributed by atoms with Crippen LogP contribution >= 0.6 is 0 Å². The van der Waals surface area contributed by atoms with Crippen LogP contribution in [0, 0.1) is 0 Å². The fourth-order valence-electron chi connectivity index (χ4n) is 4.39. The van der Waals surface area contributed by atoms with Gasteiger partial charge in [0.1, 0.15) is 17.3 Å². The van der Waals surface area contributed by atoms with Gasteiger partial charge < -0.3 is 35.0 Å². The van der Waals surface area contributed by atoms with Crippen LogP contribution in [0.4, 0.5) is 10.5 Å². The highest BCUT2D eigenvalue weighted by Crippen LogP contribution is 2.22. The van der Waals surface area contributed by atoms with Crippen LogP contribution in [0.25, 0.3) is 11.3 Å². The minimum atomic E-state index is -1.03. The van der Waals surface area contributed by atoms with Gasteiger partial charge >= 0.3 is 12.1 Å². The standard InChI is InChI=1S/C30H41N5O7/c1-5-41-29(40)35-16-14-34(15-17-35)28(39)23(11-12-26(37)42-30(2,3)4)33-27(38)25-20-22(31-13-18-36)19-24(32-25)21-9-7-6-8-10-21/h6-10,19-20,23,36H,5,11-18H2,1-4H3,(H,31,32)(H,33,38). The molecule has 1 aliphatic rings. The van der Waals surface area contributed by atoms with Crippen molar-refractivity contribution in [3.63, 3.8) is 0 Å². The molecular weight excluding hydrogens is 542 g/mol. The lowest BCUT2D eigenvalue weighted by Gasteiger charge is -2.36. The fourth-order valence-corrected chi connectivity index (χ4v) is 4.39. The molecule has 3 rings (SSSR count). The van der Waals surface area contributed by atoms with E-state index in [1.54, 1.807) is 44.7 Å². The summed E-state index contributed by atoms with van der Waals surface area (Å²) in [5.41, 5.74) is 1.28. The van der Waals surface area contributed by atoms with Crippen molar-refractivity contribution in [2.24, 2.45) is 0 Å². The topological polar surface area (TPSA) is 150 Å². The number of anilines is 1. The lowest BCUT2D eigenvalue weighted by atomic mass is 10.1. The van der Waals surface area contributed by atoms with Gasteiger partial charge in [-0.2, -0.15) is 0 Å². The number of hydrogen-bond acceptors (Lipinski definition) is 9. The molecule has 1 aromatic heterocycles. The van der Waals surface area contributed by atoms with Gasteiger partial charge in [-0.3, -0.25) is 14.4 Å². The molecule has 2 aromatic rings. The Bertz CT molecular complexity index is 1220. The number of aliphatic hydroxyl groups is 1. The molecule has 1 atom stereocenters. The highest BCUT2D eigenvalue weighted by Gasteiger charge is 2.32. The summed E-state index contributed by atoms with van der Waals surface area (Å²) in [5, 5.41) is 15.1. The van der Waals surface area contributed by atoms with Gasteiger partial charge in [0.05, 0.1) is 18.9 Å². The number of benzene rings is 1. The molecule has 12 heteroatoms. The van der Waals surface area contributed by atoms with Crippen molar-refractivity contribution in [1.82, 2.24) is 20.1 Å². The highest BCUT2D eigenvalue weighted by molar-refractivity contribution is 5.97. The number of piperazine rings is 1. The number of pyridine rings is 1. The smallest absolute Gasteiger partial charge is 0.409 e. The molecule has 0 spiro atoms. The van der Waals surface area contributed by atoms with E-state index in [1.807, 2.05) is 30.3 Å². The number of aliphatic hydroxyl groups excluding tert-OH is 1. The third-order valence-electron chi connectivity index (χ3n) is 6.35. The summed E-state index contributed by atoms with van der Waals surface area (Å²) < 4.78 is 10.5. The average molecular weight is 584 g/mol. The Labute approximate surface area is 246 Å². The van der Waals surface area contributed by atoms with Crippen molar-refractivity contribution in [3.05, 3.63) is 48.2 Å². The Morgan fingerprint density at radius 3 is 2.31 bits per heavy atom. The first kappa shape index (κ1) is 32.3. The molecule has 0 bridgehead atoms. The molecule has 1 saturated heterocycles. The first-order valence-electron chi connectivity index (χ1n) is 14.2. The number of nitrogens with zero attached hydrogens (tertiary/aromatic N) is 3. The van der Waals surface area contributed by atoms with Gasteiger partial charge in [-0.1, -0.05) is 30.3 Å². The largest absolute Gasteiger partial charge is 0.460 e. The van der Waals surface area contributed by atoms with Gasteiger partial charge in [0.2, 0.25) is 5.91 Å². The number of ether oxygens (including phenoxy) is 2. The van der Waals surface area contributed by atoms with Crippen LogP contribution in [0.2, 0.25) is 0 Å². The van der Waals surface area contributed by atoms with Crippen LogP contribution in [-0.4, -0.2) is 101 Å². The monoisotopic (exact) mass is 583 g/mol. The van der Waals surface area contributed by atoms with E-state index in [2.05, 4.69) is 15.6 Å². The number of aromatic nitrogens is 1. The van der Waals surface area contributed by atoms with E-state index in [1.165, 1.54) is 4.90 Å². The van der Waals surface area contributed by atoms with Crippen LogP contribution in [0.3, 0.4) is 0 Å². The van der Waals surface area contributed by atoms with Crippen LogP contribution in [0.1, 0.15) is 51.0 Å². The lowest BCUT2D eigenvalue weighted by molar-refractivity contribution is -0.155. The van der Waals surface area contributed by atoms with Gasteiger partial charge in [-0.05, 0) is 46.2 Å². The molecule has 0 aliphatic carbocycles. The van der Waals surface area contributed by atoms with Crippen LogP contribution in [-0.2, 0) is 19.1 Å². The maximum absolute atomic E-state index is 13.6. The van der Waals surface area contributed by atoms with E-state index >= 15 is 0 Å². The predicted octanol–water partition coefficient (Wildman–Crippen LogP) is 2.67. The second-order valence-corrected chi connectivity index (χ2v) is 10.8. The maximum atomic E-state index is 13.6. The molecule has 3 N–H and O–H groups in total. The summed E-state index contributed by atoms with van der Waals surface area (Å²) >= 11 is 0. The fraction of sp³-hybridized carbons (Fsp3) is 0.500. The van der Waals surface area contributed by atoms with Crippen molar-refractivity contribution in [1.29, 1.82) is 0 Å². The SMILES string of the molecule is CCOC(=O)N1CCN(C(=O)C(CCC(=O)OC(C)(C)C)NC(=O)c2cc(NCCO)cc(-c3ccccc3)n2)CC1. The van der Waals surface area contributed by atoms with E-state index in [-0.39, 0.29) is 70.4 Å². The molecule has 3 amide bonds. The number of amides is 3. The Kier molecular flexibility index (Phi) is 11.7. The Morgan fingerprint density at radius 2 is 1.69 bits per heavy atom. The summed E-state index contributed by atoms with van der Waals surface area (Å²) in [6.07, 6.45) is -0.502. The number of rotatable bonds is 11. The van der Waals surface area contributed by atoms with E-state index < -0.39 is 29.6 Å². The Hall–Kier alpha value is -4.19. The summed E-state index contributed by atoms with van der Waals surface area (Å²) in [5.74, 6) is -1.44. The van der Waals surface area contributed by atoms with Gasteiger partial charge in [-0.25, -0.2) is 9.78 Å². The quantitative estimate of drug-likeness (QED) is 0.339. The molecule has 2 heterocycles. The third kappa shape index (κ3) is 9.72. The van der Waals surface area contributed by atoms with Crippen LogP contribution in [0.15, 0.2) is 42.5 Å². The van der Waals surface area contributed by atoms with Crippen molar-refractivity contribution in [3.8, 4) is 11.3 Å². The molecule has 1 aliphatic heterocycles. The van der Waals surface area contributed by atoms with Crippen LogP contribution in [0.5, 0.6) is 0 Å². The number of hydrogen-bond donors (Lipinski definition) is 3. The number of carbonyl (C=O) groups is 4. The highest BCUT2D eigenvalue weighted by atomic mass is 16.6. The average Bonchev–Trinajstić information content (AvgIpc) is 2.97. The maximum Gasteiger partial charge on any atom is 0.409 e. The second kappa shape index (κ2) is 15.2. The zero-order valence-electron chi connectivity index (χ0n) is 24.7. The third-order valence-corrected chi connectivity index (χ3v) is 6.35. The van der Waals surface area contributed by atoms with Gasteiger partial charge in [0.15, 0.2) is 0 Å². The van der Waals surface area contributed by atoms with Crippen LogP contribution < -0.4 is 10.6 Å². The molecule has 1 fully saturated rings. The van der Waals surface area contributed by atoms with Crippen molar-refractivity contribution in [2.75, 3.05) is 51.3 Å². The van der Waals surface area contributed by atoms with E-state index in [4.69, 9.17) is 9.47 Å². The zero-order valence-corrected chi connectivity index (χ0v) is 24.7. The molecule has 0 radical (unpaired) electrons. The Balaban J connectivity index is 1.81. The number of esters is 1. The Morgan fingerprint density at radius 1 is 1.02 bits per heavy atom. The molecule has 42 heavy (non-hydrogen) atoms. The molecule has 1 unspecified atom stereocenters. The lowest BCUT2D eigenvalue weighted by Crippen LogP contribution is -2.56. The zero-order chi connectivity index (χ0) is 30.7. The molecule has 1 aromatic carbocycles. The summed E-state index contributed by atoms with van der Waals surface area (Å²) in [4.78, 5) is 59.4. The van der Waals surface area contributed by atoms with Crippen molar-refractivity contribution >= 4 is 29.6 Å². The number of carbonyl (C=O) groups excluding carboxylic acids is 4. The number of nitrogens with one attached hydrogen (secondary N) is 2. The normalized spacial score (nSPS) is 14.1. The van der Waals surface area contributed by atoms with E-state index in [0.717, 1.165) is 5.56 Å². The molecule has 0 saturated carbocycles. The van der Waals surface area contributed by atoms with Gasteiger partial charge in [0.25, 0.3) is 5.91 Å². The summed E-state index contributed by atoms with van der Waals surface area (Å²) in [6, 6.07) is 11.6. The first-order valence-corrected chi connectivity index (χ1v) is 14.2. The summed E-state index contributed by atoms with van der Waals surface area (Å²) in [7, 11) is 0. The molecule has 228 valence electrons. The minimum absolute atomic E-state index is 0.0194. The molecular formula is C30H41N5O7. The predicted molar refractivity (Wildman–Crippen MR) is 157 cm³/mol. The first-order chi connectivity index (χ1) is 20.0. The van der Waals surface area contributed by atoms with Gasteiger partial charge in [0, 0.05) is 50.4 Å². The van der Waals surface area contributed by atoms with E-state index in [9.17, 15) is 24.3 Å². The molecule has 12 nitrogen and oxygen atoms in total. The van der Waals surface area contributed by atoms with Crippen molar-refractivity contribution < 1.29 is 33.8 Å². The van der Waals surface area contributed by atoms with Gasteiger partial charge in [-0.15, -0.1) is 0 Å². The van der Waals surface area contributed by atoms with Crippen molar-refractivity contribution in [2.45, 2.75) is 52.2 Å². The minimum Gasteiger partial charge on any atom is -0.460 e. The summed E-state index contributed by atoms with van der Waals surface area (Å²) in [6.45, 7) is 8.52. The van der Waals surface area contributed by atoms with E-state index in [0.29, 0.717) is 11.4 Å². The second-order valence-electron chi connectivity index (χ2n) is 10.8.